The summed E-state index contributed by atoms with van der Waals surface area (Å²) in [6, 6.07) is 28.8. The molecule has 0 saturated heterocycles. The minimum absolute atomic E-state index is 0.0557. The summed E-state index contributed by atoms with van der Waals surface area (Å²) in [6.07, 6.45) is 2.17. The third-order valence-electron chi connectivity index (χ3n) is 5.49. The van der Waals surface area contributed by atoms with Gasteiger partial charge >= 0.3 is 0 Å². The van der Waals surface area contributed by atoms with Crippen molar-refractivity contribution in [2.45, 2.75) is 23.5 Å². The molecule has 0 atom stereocenters. The molecule has 5 rings (SSSR count). The fraction of sp³-hybridized carbons (Fsp3) is 0.115. The maximum atomic E-state index is 13.2. The maximum Gasteiger partial charge on any atom is 0.256 e. The second-order valence-electron chi connectivity index (χ2n) is 7.34. The van der Waals surface area contributed by atoms with Gasteiger partial charge in [-0.2, -0.15) is 0 Å². The third kappa shape index (κ3) is 3.54. The van der Waals surface area contributed by atoms with Crippen molar-refractivity contribution < 1.29 is 4.79 Å². The van der Waals surface area contributed by atoms with Crippen molar-refractivity contribution in [3.63, 3.8) is 0 Å². The number of thioether (sulfide) groups is 1. The molecule has 0 aromatic heterocycles. The molecule has 0 unspecified atom stereocenters. The summed E-state index contributed by atoms with van der Waals surface area (Å²) >= 11 is 1.70. The summed E-state index contributed by atoms with van der Waals surface area (Å²) in [6.45, 7) is 0. The van der Waals surface area contributed by atoms with Crippen molar-refractivity contribution in [1.29, 1.82) is 0 Å². The highest BCUT2D eigenvalue weighted by Crippen LogP contribution is 2.35. The van der Waals surface area contributed by atoms with Crippen LogP contribution in [0.1, 0.15) is 27.0 Å². The first-order valence-corrected chi connectivity index (χ1v) is 10.9. The van der Waals surface area contributed by atoms with Gasteiger partial charge < -0.3 is 5.32 Å². The molecule has 0 radical (unpaired) electrons. The summed E-state index contributed by atoms with van der Waals surface area (Å²) in [5, 5.41) is 5.63. The molecule has 29 heavy (non-hydrogen) atoms. The van der Waals surface area contributed by atoms with Crippen molar-refractivity contribution in [1.82, 2.24) is 0 Å². The molecule has 1 N–H and O–H groups in total. The number of benzene rings is 4. The number of aryl methyl sites for hydroxylation is 2. The molecule has 4 aromatic carbocycles. The predicted octanol–water partition coefficient (Wildman–Crippen LogP) is 6.48. The Morgan fingerprint density at radius 3 is 2.41 bits per heavy atom. The largest absolute Gasteiger partial charge is 0.321 e. The van der Waals surface area contributed by atoms with Crippen molar-refractivity contribution in [3.8, 4) is 0 Å². The molecule has 2 nitrogen and oxygen atoms in total. The van der Waals surface area contributed by atoms with Gasteiger partial charge in [-0.3, -0.25) is 4.79 Å². The Bertz CT molecular complexity index is 1190. The predicted molar refractivity (Wildman–Crippen MR) is 122 cm³/mol. The zero-order valence-corrected chi connectivity index (χ0v) is 16.8. The van der Waals surface area contributed by atoms with Crippen LogP contribution in [0.2, 0.25) is 0 Å². The average Bonchev–Trinajstić information content (AvgIpc) is 3.20. The molecule has 0 spiro atoms. The van der Waals surface area contributed by atoms with E-state index in [0.29, 0.717) is 0 Å². The zero-order chi connectivity index (χ0) is 19.6. The summed E-state index contributed by atoms with van der Waals surface area (Å²) in [5.41, 5.74) is 5.62. The molecule has 0 fully saturated rings. The van der Waals surface area contributed by atoms with E-state index in [1.807, 2.05) is 48.5 Å². The Kier molecular flexibility index (Phi) is 4.82. The quantitative estimate of drug-likeness (QED) is 0.392. The van der Waals surface area contributed by atoms with E-state index in [0.717, 1.165) is 40.1 Å². The number of hydrogen-bond acceptors (Lipinski definition) is 2. The van der Waals surface area contributed by atoms with Crippen LogP contribution >= 0.6 is 11.8 Å². The smallest absolute Gasteiger partial charge is 0.256 e. The van der Waals surface area contributed by atoms with E-state index in [4.69, 9.17) is 0 Å². The fourth-order valence-corrected chi connectivity index (χ4v) is 5.07. The van der Waals surface area contributed by atoms with E-state index in [1.54, 1.807) is 11.8 Å². The Morgan fingerprint density at radius 1 is 0.793 bits per heavy atom. The minimum atomic E-state index is -0.0557. The number of nitrogens with one attached hydrogen (secondary N) is 1. The lowest BCUT2D eigenvalue weighted by Gasteiger charge is -2.13. The molecule has 1 aliphatic rings. The molecule has 3 heteroatoms. The first kappa shape index (κ1) is 18.0. The standard InChI is InChI=1S/C26H21NOS/c28-26(22-10-4-5-12-24(22)29-17-18-7-2-1-3-8-18)27-23-16-15-20-14-13-19-9-6-11-21(23)25(19)20/h1-12,15-16H,13-14,17H2,(H,27,28). The van der Waals surface area contributed by atoms with Crippen LogP contribution in [0, 0.1) is 0 Å². The van der Waals surface area contributed by atoms with Gasteiger partial charge in [-0.25, -0.2) is 0 Å². The highest BCUT2D eigenvalue weighted by Gasteiger charge is 2.18. The molecule has 4 aromatic rings. The number of hydrogen-bond donors (Lipinski definition) is 1. The molecule has 0 aliphatic heterocycles. The average molecular weight is 396 g/mol. The SMILES string of the molecule is O=C(Nc1ccc2c3c(cccc13)CC2)c1ccccc1SCc1ccccc1. The Morgan fingerprint density at radius 2 is 1.55 bits per heavy atom. The van der Waals surface area contributed by atoms with Crippen LogP contribution in [0.4, 0.5) is 5.69 Å². The first-order chi connectivity index (χ1) is 14.3. The summed E-state index contributed by atoms with van der Waals surface area (Å²) in [5.74, 6) is 0.784. The van der Waals surface area contributed by atoms with E-state index >= 15 is 0 Å². The zero-order valence-electron chi connectivity index (χ0n) is 16.0. The highest BCUT2D eigenvalue weighted by atomic mass is 32.2. The minimum Gasteiger partial charge on any atom is -0.321 e. The maximum absolute atomic E-state index is 13.2. The Labute approximate surface area is 175 Å². The first-order valence-electron chi connectivity index (χ1n) is 9.90. The van der Waals surface area contributed by atoms with Gasteiger partial charge in [0.15, 0.2) is 0 Å². The van der Waals surface area contributed by atoms with Crippen molar-refractivity contribution in [2.24, 2.45) is 0 Å². The molecular formula is C26H21NOS. The number of carbonyl (C=O) groups is 1. The van der Waals surface area contributed by atoms with E-state index in [9.17, 15) is 4.79 Å². The van der Waals surface area contributed by atoms with Gasteiger partial charge in [-0.05, 0) is 53.1 Å². The Hall–Kier alpha value is -3.04. The van der Waals surface area contributed by atoms with Crippen LogP contribution in [-0.2, 0) is 18.6 Å². The van der Waals surface area contributed by atoms with Crippen LogP contribution < -0.4 is 5.32 Å². The summed E-state index contributed by atoms with van der Waals surface area (Å²) in [4.78, 5) is 14.2. The van der Waals surface area contributed by atoms with Gasteiger partial charge in [0.25, 0.3) is 5.91 Å². The van der Waals surface area contributed by atoms with Crippen molar-refractivity contribution >= 4 is 34.1 Å². The summed E-state index contributed by atoms with van der Waals surface area (Å²) in [7, 11) is 0. The van der Waals surface area contributed by atoms with Gasteiger partial charge in [-0.15, -0.1) is 11.8 Å². The lowest BCUT2D eigenvalue weighted by molar-refractivity contribution is 0.102. The number of rotatable bonds is 5. The van der Waals surface area contributed by atoms with Crippen molar-refractivity contribution in [3.05, 3.63) is 107 Å². The van der Waals surface area contributed by atoms with Crippen LogP contribution in [-0.4, -0.2) is 5.91 Å². The Balaban J connectivity index is 1.42. The van der Waals surface area contributed by atoms with Crippen LogP contribution in [0.5, 0.6) is 0 Å². The topological polar surface area (TPSA) is 29.1 Å². The van der Waals surface area contributed by atoms with Crippen LogP contribution in [0.25, 0.3) is 10.8 Å². The van der Waals surface area contributed by atoms with Crippen molar-refractivity contribution in [2.75, 3.05) is 5.32 Å². The second-order valence-corrected chi connectivity index (χ2v) is 8.35. The normalized spacial score (nSPS) is 12.3. The van der Waals surface area contributed by atoms with E-state index in [1.165, 1.54) is 22.1 Å². The number of carbonyl (C=O) groups excluding carboxylic acids is 1. The molecular weight excluding hydrogens is 374 g/mol. The third-order valence-corrected chi connectivity index (χ3v) is 6.64. The monoisotopic (exact) mass is 395 g/mol. The van der Waals surface area contributed by atoms with E-state index < -0.39 is 0 Å². The molecule has 0 saturated carbocycles. The van der Waals surface area contributed by atoms with E-state index in [-0.39, 0.29) is 5.91 Å². The lowest BCUT2D eigenvalue weighted by atomic mass is 10.0. The van der Waals surface area contributed by atoms with Gasteiger partial charge in [0.05, 0.1) is 5.56 Å². The molecule has 142 valence electrons. The van der Waals surface area contributed by atoms with E-state index in [2.05, 4.69) is 41.7 Å². The molecule has 1 aliphatic carbocycles. The number of anilines is 1. The van der Waals surface area contributed by atoms with Gasteiger partial charge in [-0.1, -0.05) is 66.7 Å². The van der Waals surface area contributed by atoms with Gasteiger partial charge in [0.1, 0.15) is 0 Å². The van der Waals surface area contributed by atoms with Gasteiger partial charge in [0.2, 0.25) is 0 Å². The summed E-state index contributed by atoms with van der Waals surface area (Å²) < 4.78 is 0. The van der Waals surface area contributed by atoms with Crippen LogP contribution in [0.15, 0.2) is 89.8 Å². The molecule has 1 amide bonds. The fourth-order valence-electron chi connectivity index (χ4n) is 4.06. The second kappa shape index (κ2) is 7.76. The highest BCUT2D eigenvalue weighted by molar-refractivity contribution is 7.98. The lowest BCUT2D eigenvalue weighted by Crippen LogP contribution is -2.13. The number of amides is 1. The van der Waals surface area contributed by atoms with Gasteiger partial charge in [0, 0.05) is 21.7 Å². The van der Waals surface area contributed by atoms with Crippen LogP contribution in [0.3, 0.4) is 0 Å². The molecule has 0 heterocycles. The molecule has 0 bridgehead atoms.